The van der Waals surface area contributed by atoms with Gasteiger partial charge in [-0.2, -0.15) is 0 Å². The van der Waals surface area contributed by atoms with Gasteiger partial charge in [0.05, 0.1) is 12.6 Å². The summed E-state index contributed by atoms with van der Waals surface area (Å²) in [6.45, 7) is 0.592. The first-order chi connectivity index (χ1) is 11.7. The molecule has 6 nitrogen and oxygen atoms in total. The monoisotopic (exact) mass is 323 g/mol. The molecule has 6 heteroatoms. The Kier molecular flexibility index (Phi) is 3.57. The molecule has 2 aromatic carbocycles. The number of aliphatic imine (C=N–C) groups is 1. The van der Waals surface area contributed by atoms with Gasteiger partial charge in [0, 0.05) is 23.2 Å². The SMILES string of the molecule is NC(=O)C1OC(=NC2CCOc3ccccc32)Nc2ccccc21. The quantitative estimate of drug-likeness (QED) is 0.889. The van der Waals surface area contributed by atoms with E-state index in [0.29, 0.717) is 12.6 Å². The molecule has 2 aliphatic heterocycles. The highest BCUT2D eigenvalue weighted by atomic mass is 16.5. The second-order valence-corrected chi connectivity index (χ2v) is 5.74. The summed E-state index contributed by atoms with van der Waals surface area (Å²) in [7, 11) is 0. The van der Waals surface area contributed by atoms with Gasteiger partial charge in [0.25, 0.3) is 11.9 Å². The summed E-state index contributed by atoms with van der Waals surface area (Å²) < 4.78 is 11.4. The first kappa shape index (κ1) is 14.6. The molecule has 4 rings (SSSR count). The lowest BCUT2D eigenvalue weighted by atomic mass is 10.0. The molecule has 2 atom stereocenters. The number of para-hydroxylation sites is 2. The van der Waals surface area contributed by atoms with Crippen molar-refractivity contribution in [1.82, 2.24) is 0 Å². The average molecular weight is 323 g/mol. The number of benzene rings is 2. The number of carbonyl (C=O) groups is 1. The minimum Gasteiger partial charge on any atom is -0.493 e. The van der Waals surface area contributed by atoms with Gasteiger partial charge in [0.2, 0.25) is 6.10 Å². The van der Waals surface area contributed by atoms with Crippen LogP contribution in [-0.2, 0) is 9.53 Å². The van der Waals surface area contributed by atoms with Crippen LogP contribution in [0.5, 0.6) is 5.75 Å². The summed E-state index contributed by atoms with van der Waals surface area (Å²) in [6.07, 6.45) is -0.0923. The second-order valence-electron chi connectivity index (χ2n) is 5.74. The topological polar surface area (TPSA) is 85.9 Å². The van der Waals surface area contributed by atoms with Crippen molar-refractivity contribution < 1.29 is 14.3 Å². The molecule has 0 radical (unpaired) electrons. The molecule has 2 aliphatic rings. The largest absolute Gasteiger partial charge is 0.493 e. The fourth-order valence-electron chi connectivity index (χ4n) is 3.03. The lowest BCUT2D eigenvalue weighted by Gasteiger charge is -2.29. The van der Waals surface area contributed by atoms with Crippen molar-refractivity contribution in [2.75, 3.05) is 11.9 Å². The van der Waals surface area contributed by atoms with Gasteiger partial charge < -0.3 is 20.5 Å². The molecule has 0 saturated heterocycles. The van der Waals surface area contributed by atoms with Gasteiger partial charge in [-0.05, 0) is 12.1 Å². The zero-order valence-corrected chi connectivity index (χ0v) is 12.9. The number of nitrogens with two attached hydrogens (primary N) is 1. The van der Waals surface area contributed by atoms with E-state index in [2.05, 4.69) is 10.3 Å². The maximum absolute atomic E-state index is 11.7. The van der Waals surface area contributed by atoms with E-state index in [0.717, 1.165) is 29.0 Å². The average Bonchev–Trinajstić information content (AvgIpc) is 2.61. The molecule has 122 valence electrons. The zero-order valence-electron chi connectivity index (χ0n) is 12.9. The molecule has 3 N–H and O–H groups in total. The lowest BCUT2D eigenvalue weighted by Crippen LogP contribution is -2.34. The molecule has 24 heavy (non-hydrogen) atoms. The van der Waals surface area contributed by atoms with E-state index in [1.165, 1.54) is 0 Å². The Morgan fingerprint density at radius 3 is 2.71 bits per heavy atom. The molecule has 2 unspecified atom stereocenters. The van der Waals surface area contributed by atoms with E-state index in [-0.39, 0.29) is 6.04 Å². The number of amidine groups is 1. The molecular formula is C18H17N3O3. The second kappa shape index (κ2) is 5.88. The Hall–Kier alpha value is -3.02. The smallest absolute Gasteiger partial charge is 0.290 e. The third kappa shape index (κ3) is 2.56. The number of nitrogens with zero attached hydrogens (tertiary/aromatic N) is 1. The number of hydrogen-bond acceptors (Lipinski definition) is 4. The lowest BCUT2D eigenvalue weighted by molar-refractivity contribution is -0.125. The van der Waals surface area contributed by atoms with E-state index in [4.69, 9.17) is 15.2 Å². The van der Waals surface area contributed by atoms with Gasteiger partial charge in [-0.1, -0.05) is 36.4 Å². The number of carbonyl (C=O) groups excluding carboxylic acids is 1. The van der Waals surface area contributed by atoms with Gasteiger partial charge in [-0.15, -0.1) is 0 Å². The summed E-state index contributed by atoms with van der Waals surface area (Å²) in [5.41, 5.74) is 8.00. The van der Waals surface area contributed by atoms with Crippen LogP contribution in [0.1, 0.15) is 29.7 Å². The van der Waals surface area contributed by atoms with Crippen molar-refractivity contribution in [3.63, 3.8) is 0 Å². The van der Waals surface area contributed by atoms with Crippen LogP contribution in [-0.4, -0.2) is 18.5 Å². The summed E-state index contributed by atoms with van der Waals surface area (Å²) in [6, 6.07) is 15.5. The van der Waals surface area contributed by atoms with Crippen molar-refractivity contribution in [1.29, 1.82) is 0 Å². The van der Waals surface area contributed by atoms with Crippen molar-refractivity contribution in [2.24, 2.45) is 10.7 Å². The maximum atomic E-state index is 11.7. The number of fused-ring (bicyclic) bond motifs is 2. The van der Waals surface area contributed by atoms with Crippen LogP contribution in [0, 0.1) is 0 Å². The van der Waals surface area contributed by atoms with Crippen molar-refractivity contribution in [3.05, 3.63) is 59.7 Å². The molecule has 0 aromatic heterocycles. The number of hydrogen-bond donors (Lipinski definition) is 2. The molecule has 2 heterocycles. The highest BCUT2D eigenvalue weighted by Gasteiger charge is 2.30. The predicted octanol–water partition coefficient (Wildman–Crippen LogP) is 2.53. The predicted molar refractivity (Wildman–Crippen MR) is 89.8 cm³/mol. The summed E-state index contributed by atoms with van der Waals surface area (Å²) >= 11 is 0. The summed E-state index contributed by atoms with van der Waals surface area (Å²) in [5, 5.41) is 3.14. The van der Waals surface area contributed by atoms with Gasteiger partial charge in [-0.25, -0.2) is 4.99 Å². The third-order valence-electron chi connectivity index (χ3n) is 4.17. The normalized spacial score (nSPS) is 23.2. The van der Waals surface area contributed by atoms with E-state index in [9.17, 15) is 4.79 Å². The molecule has 0 bridgehead atoms. The number of anilines is 1. The third-order valence-corrected chi connectivity index (χ3v) is 4.17. The van der Waals surface area contributed by atoms with Crippen molar-refractivity contribution in [3.8, 4) is 5.75 Å². The minimum absolute atomic E-state index is 0.0868. The number of nitrogens with one attached hydrogen (secondary N) is 1. The highest BCUT2D eigenvalue weighted by molar-refractivity contribution is 5.97. The van der Waals surface area contributed by atoms with Crippen molar-refractivity contribution >= 4 is 17.6 Å². The molecule has 0 aliphatic carbocycles. The number of rotatable bonds is 2. The van der Waals surface area contributed by atoms with Gasteiger partial charge >= 0.3 is 0 Å². The standard InChI is InChI=1S/C18H17N3O3/c19-17(22)16-12-6-1-3-7-13(12)20-18(24-16)21-14-9-10-23-15-8-4-2-5-11(14)15/h1-8,14,16H,9-10H2,(H2,19,22)(H,20,21). The first-order valence-electron chi connectivity index (χ1n) is 7.84. The van der Waals surface area contributed by atoms with Crippen LogP contribution in [0.3, 0.4) is 0 Å². The molecular weight excluding hydrogens is 306 g/mol. The molecule has 1 amide bonds. The van der Waals surface area contributed by atoms with Crippen LogP contribution >= 0.6 is 0 Å². The van der Waals surface area contributed by atoms with Crippen molar-refractivity contribution in [2.45, 2.75) is 18.6 Å². The fourth-order valence-corrected chi connectivity index (χ4v) is 3.03. The zero-order chi connectivity index (χ0) is 16.5. The van der Waals surface area contributed by atoms with E-state index < -0.39 is 12.0 Å². The Morgan fingerprint density at radius 1 is 1.12 bits per heavy atom. The first-order valence-corrected chi connectivity index (χ1v) is 7.84. The van der Waals surface area contributed by atoms with E-state index in [1.54, 1.807) is 0 Å². The fraction of sp³-hybridized carbons (Fsp3) is 0.222. The van der Waals surface area contributed by atoms with Crippen LogP contribution in [0.4, 0.5) is 5.69 Å². The Labute approximate surface area is 139 Å². The summed E-state index contributed by atoms with van der Waals surface area (Å²) in [4.78, 5) is 16.4. The minimum atomic E-state index is -0.837. The van der Waals surface area contributed by atoms with E-state index >= 15 is 0 Å². The van der Waals surface area contributed by atoms with E-state index in [1.807, 2.05) is 48.5 Å². The Bertz CT molecular complexity index is 819. The number of ether oxygens (including phenoxy) is 2. The molecule has 0 saturated carbocycles. The van der Waals surface area contributed by atoms with Gasteiger partial charge in [0.1, 0.15) is 5.75 Å². The highest BCUT2D eigenvalue weighted by Crippen LogP contribution is 2.36. The molecule has 0 spiro atoms. The Balaban J connectivity index is 1.69. The van der Waals surface area contributed by atoms with Crippen LogP contribution in [0.15, 0.2) is 53.5 Å². The maximum Gasteiger partial charge on any atom is 0.290 e. The number of amides is 1. The van der Waals surface area contributed by atoms with Crippen LogP contribution in [0.25, 0.3) is 0 Å². The Morgan fingerprint density at radius 2 is 1.88 bits per heavy atom. The number of primary amides is 1. The molecule has 0 fully saturated rings. The van der Waals surface area contributed by atoms with Crippen LogP contribution < -0.4 is 15.8 Å². The van der Waals surface area contributed by atoms with Gasteiger partial charge in [0.15, 0.2) is 0 Å². The van der Waals surface area contributed by atoms with Crippen LogP contribution in [0.2, 0.25) is 0 Å². The van der Waals surface area contributed by atoms with Gasteiger partial charge in [-0.3, -0.25) is 4.79 Å². The molecule has 2 aromatic rings. The summed E-state index contributed by atoms with van der Waals surface area (Å²) in [5.74, 6) is 0.296.